The second-order valence-corrected chi connectivity index (χ2v) is 2.93. The molecular weight excluding hydrogens is 158 g/mol. The van der Waals surface area contributed by atoms with E-state index in [0.29, 0.717) is 26.0 Å². The molecule has 0 spiro atoms. The van der Waals surface area contributed by atoms with E-state index in [9.17, 15) is 9.90 Å². The van der Waals surface area contributed by atoms with Gasteiger partial charge in [0.1, 0.15) is 6.10 Å². The Morgan fingerprint density at radius 3 is 3.08 bits per heavy atom. The molecule has 4 heteroatoms. The van der Waals surface area contributed by atoms with Gasteiger partial charge in [0, 0.05) is 13.0 Å². The van der Waals surface area contributed by atoms with Gasteiger partial charge in [-0.25, -0.2) is 0 Å². The highest BCUT2D eigenvalue weighted by Gasteiger charge is 2.26. The second kappa shape index (κ2) is 4.42. The van der Waals surface area contributed by atoms with E-state index in [2.05, 4.69) is 5.32 Å². The van der Waals surface area contributed by atoms with Gasteiger partial charge < -0.3 is 15.2 Å². The van der Waals surface area contributed by atoms with Crippen LogP contribution < -0.4 is 5.32 Å². The van der Waals surface area contributed by atoms with Gasteiger partial charge >= 0.3 is 0 Å². The van der Waals surface area contributed by atoms with Gasteiger partial charge in [-0.05, 0) is 13.3 Å². The fourth-order valence-electron chi connectivity index (χ4n) is 1.25. The van der Waals surface area contributed by atoms with E-state index < -0.39 is 6.10 Å². The summed E-state index contributed by atoms with van der Waals surface area (Å²) in [6.45, 7) is 2.94. The SMILES string of the molecule is CCNC(=O)C1CC(O)CCO1. The number of aliphatic hydroxyl groups is 1. The summed E-state index contributed by atoms with van der Waals surface area (Å²) in [5, 5.41) is 11.9. The molecule has 0 aromatic carbocycles. The van der Waals surface area contributed by atoms with Crippen LogP contribution in [0.2, 0.25) is 0 Å². The fraction of sp³-hybridized carbons (Fsp3) is 0.875. The number of aliphatic hydroxyl groups excluding tert-OH is 1. The van der Waals surface area contributed by atoms with Gasteiger partial charge in [-0.1, -0.05) is 0 Å². The van der Waals surface area contributed by atoms with Crippen LogP contribution in [0.5, 0.6) is 0 Å². The summed E-state index contributed by atoms with van der Waals surface area (Å²) in [4.78, 5) is 11.2. The first-order valence-corrected chi connectivity index (χ1v) is 4.31. The fourth-order valence-corrected chi connectivity index (χ4v) is 1.25. The number of carbonyl (C=O) groups is 1. The largest absolute Gasteiger partial charge is 0.393 e. The van der Waals surface area contributed by atoms with Gasteiger partial charge in [-0.2, -0.15) is 0 Å². The van der Waals surface area contributed by atoms with Crippen molar-refractivity contribution in [1.29, 1.82) is 0 Å². The predicted molar refractivity (Wildman–Crippen MR) is 43.7 cm³/mol. The Morgan fingerprint density at radius 2 is 2.50 bits per heavy atom. The summed E-state index contributed by atoms with van der Waals surface area (Å²) in [5.41, 5.74) is 0. The lowest BCUT2D eigenvalue weighted by molar-refractivity contribution is -0.139. The highest BCUT2D eigenvalue weighted by Crippen LogP contribution is 2.13. The van der Waals surface area contributed by atoms with Crippen molar-refractivity contribution >= 4 is 5.91 Å². The van der Waals surface area contributed by atoms with E-state index in [4.69, 9.17) is 4.74 Å². The lowest BCUT2D eigenvalue weighted by Gasteiger charge is -2.25. The molecule has 1 fully saturated rings. The highest BCUT2D eigenvalue weighted by molar-refractivity contribution is 5.80. The maximum absolute atomic E-state index is 11.2. The summed E-state index contributed by atoms with van der Waals surface area (Å²) in [7, 11) is 0. The van der Waals surface area contributed by atoms with Gasteiger partial charge in [0.05, 0.1) is 12.7 Å². The van der Waals surface area contributed by atoms with Gasteiger partial charge in [0.2, 0.25) is 5.91 Å². The van der Waals surface area contributed by atoms with Gasteiger partial charge in [-0.15, -0.1) is 0 Å². The van der Waals surface area contributed by atoms with Crippen molar-refractivity contribution in [1.82, 2.24) is 5.32 Å². The van der Waals surface area contributed by atoms with Gasteiger partial charge in [0.25, 0.3) is 0 Å². The quantitative estimate of drug-likeness (QED) is 0.600. The number of ether oxygens (including phenoxy) is 1. The summed E-state index contributed by atoms with van der Waals surface area (Å²) in [5.74, 6) is -0.115. The zero-order valence-electron chi connectivity index (χ0n) is 7.25. The molecule has 1 rings (SSSR count). The molecule has 70 valence electrons. The highest BCUT2D eigenvalue weighted by atomic mass is 16.5. The smallest absolute Gasteiger partial charge is 0.249 e. The van der Waals surface area contributed by atoms with E-state index in [1.165, 1.54) is 0 Å². The minimum absolute atomic E-state index is 0.115. The average Bonchev–Trinajstić information content (AvgIpc) is 2.05. The second-order valence-electron chi connectivity index (χ2n) is 2.93. The molecule has 2 atom stereocenters. The molecule has 2 N–H and O–H groups in total. The molecule has 0 aliphatic carbocycles. The first-order valence-electron chi connectivity index (χ1n) is 4.31. The third-order valence-corrected chi connectivity index (χ3v) is 1.90. The molecule has 0 saturated carbocycles. The summed E-state index contributed by atoms with van der Waals surface area (Å²) in [6, 6.07) is 0. The Bertz CT molecular complexity index is 160. The normalized spacial score (nSPS) is 29.8. The first kappa shape index (κ1) is 9.48. The lowest BCUT2D eigenvalue weighted by atomic mass is 10.1. The number of carbonyl (C=O) groups excluding carboxylic acids is 1. The van der Waals surface area contributed by atoms with E-state index >= 15 is 0 Å². The molecule has 4 nitrogen and oxygen atoms in total. The zero-order valence-corrected chi connectivity index (χ0v) is 7.25. The lowest BCUT2D eigenvalue weighted by Crippen LogP contribution is -2.41. The van der Waals surface area contributed by atoms with Crippen LogP contribution in [0.1, 0.15) is 19.8 Å². The number of hydrogen-bond acceptors (Lipinski definition) is 3. The molecule has 1 aliphatic rings. The minimum Gasteiger partial charge on any atom is -0.393 e. The van der Waals surface area contributed by atoms with E-state index in [1.807, 2.05) is 6.92 Å². The molecule has 12 heavy (non-hydrogen) atoms. The molecule has 0 aromatic heterocycles. The molecule has 1 heterocycles. The first-order chi connectivity index (χ1) is 5.74. The number of rotatable bonds is 2. The van der Waals surface area contributed by atoms with Gasteiger partial charge in [0.15, 0.2) is 0 Å². The van der Waals surface area contributed by atoms with E-state index in [1.54, 1.807) is 0 Å². The van der Waals surface area contributed by atoms with Crippen molar-refractivity contribution in [3.05, 3.63) is 0 Å². The van der Waals surface area contributed by atoms with Crippen LogP contribution in [0, 0.1) is 0 Å². The van der Waals surface area contributed by atoms with Crippen molar-refractivity contribution in [2.75, 3.05) is 13.2 Å². The van der Waals surface area contributed by atoms with Crippen LogP contribution in [0.4, 0.5) is 0 Å². The topological polar surface area (TPSA) is 58.6 Å². The number of amides is 1. The van der Waals surface area contributed by atoms with E-state index in [0.717, 1.165) is 0 Å². The molecule has 1 amide bonds. The Balaban J connectivity index is 2.35. The Morgan fingerprint density at radius 1 is 1.75 bits per heavy atom. The van der Waals surface area contributed by atoms with Crippen LogP contribution in [-0.4, -0.2) is 36.4 Å². The molecule has 0 radical (unpaired) electrons. The molecule has 1 saturated heterocycles. The van der Waals surface area contributed by atoms with Crippen molar-refractivity contribution in [3.8, 4) is 0 Å². The van der Waals surface area contributed by atoms with Gasteiger partial charge in [-0.3, -0.25) is 4.79 Å². The molecule has 0 bridgehead atoms. The molecular formula is C8H15NO3. The molecule has 2 unspecified atom stereocenters. The van der Waals surface area contributed by atoms with Crippen molar-refractivity contribution < 1.29 is 14.6 Å². The summed E-state index contributed by atoms with van der Waals surface area (Å²) >= 11 is 0. The number of nitrogens with one attached hydrogen (secondary N) is 1. The third kappa shape index (κ3) is 2.46. The molecule has 0 aromatic rings. The monoisotopic (exact) mass is 173 g/mol. The molecule has 1 aliphatic heterocycles. The maximum Gasteiger partial charge on any atom is 0.249 e. The Kier molecular flexibility index (Phi) is 3.49. The van der Waals surface area contributed by atoms with Crippen molar-refractivity contribution in [2.45, 2.75) is 32.0 Å². The van der Waals surface area contributed by atoms with E-state index in [-0.39, 0.29) is 12.0 Å². The number of likely N-dealkylation sites (N-methyl/N-ethyl adjacent to an activating group) is 1. The number of hydrogen-bond donors (Lipinski definition) is 2. The summed E-state index contributed by atoms with van der Waals surface area (Å²) < 4.78 is 5.19. The van der Waals surface area contributed by atoms with Crippen LogP contribution >= 0.6 is 0 Å². The van der Waals surface area contributed by atoms with Crippen LogP contribution in [0.25, 0.3) is 0 Å². The Hall–Kier alpha value is -0.610. The van der Waals surface area contributed by atoms with Crippen LogP contribution in [0.15, 0.2) is 0 Å². The van der Waals surface area contributed by atoms with Crippen molar-refractivity contribution in [3.63, 3.8) is 0 Å². The van der Waals surface area contributed by atoms with Crippen LogP contribution in [-0.2, 0) is 9.53 Å². The Labute approximate surface area is 71.9 Å². The predicted octanol–water partition coefficient (Wildman–Crippen LogP) is -0.338. The minimum atomic E-state index is -0.450. The zero-order chi connectivity index (χ0) is 8.97. The third-order valence-electron chi connectivity index (χ3n) is 1.90. The standard InChI is InChI=1S/C8H15NO3/c1-2-9-8(11)7-5-6(10)3-4-12-7/h6-7,10H,2-5H2,1H3,(H,9,11). The van der Waals surface area contributed by atoms with Crippen LogP contribution in [0.3, 0.4) is 0 Å². The average molecular weight is 173 g/mol. The summed E-state index contributed by atoms with van der Waals surface area (Å²) in [6.07, 6.45) is 0.224. The maximum atomic E-state index is 11.2. The van der Waals surface area contributed by atoms with Crippen molar-refractivity contribution in [2.24, 2.45) is 0 Å².